The number of aromatic hydroxyl groups is 1. The van der Waals surface area contributed by atoms with Crippen molar-refractivity contribution in [3.63, 3.8) is 0 Å². The molecule has 0 saturated carbocycles. The minimum atomic E-state index is -0.124. The lowest BCUT2D eigenvalue weighted by Gasteiger charge is -2.34. The number of carbonyl (C=O) groups excluding carboxylic acids is 1. The van der Waals surface area contributed by atoms with Gasteiger partial charge in [0.2, 0.25) is 0 Å². The molecule has 1 aromatic carbocycles. The lowest BCUT2D eigenvalue weighted by Crippen LogP contribution is -2.48. The summed E-state index contributed by atoms with van der Waals surface area (Å²) in [5.41, 5.74) is 0.331. The number of rotatable bonds is 4. The highest BCUT2D eigenvalue weighted by Gasteiger charge is 2.24. The minimum absolute atomic E-state index is 0.0321. The van der Waals surface area contributed by atoms with Gasteiger partial charge in [-0.2, -0.15) is 0 Å². The summed E-state index contributed by atoms with van der Waals surface area (Å²) in [5.74, 6) is 0.385. The van der Waals surface area contributed by atoms with Gasteiger partial charge in [0.15, 0.2) is 0 Å². The van der Waals surface area contributed by atoms with Crippen molar-refractivity contribution in [3.05, 3.63) is 46.2 Å². The van der Waals surface area contributed by atoms with Gasteiger partial charge < -0.3 is 14.7 Å². The van der Waals surface area contributed by atoms with Crippen molar-refractivity contribution in [1.82, 2.24) is 9.80 Å². The number of nitrogens with zero attached hydrogens (tertiary/aromatic N) is 2. The number of benzene rings is 1. The van der Waals surface area contributed by atoms with Gasteiger partial charge in [-0.05, 0) is 23.6 Å². The molecule has 23 heavy (non-hydrogen) atoms. The molecule has 5 nitrogen and oxygen atoms in total. The minimum Gasteiger partial charge on any atom is -0.507 e. The standard InChI is InChI=1S/C17H20N2O3S/c1-22-13-4-5-15(16(20)11-13)17(21)19-8-6-18(7-9-19)12-14-3-2-10-23-14/h2-5,10-11,20H,6-9,12H2,1H3. The number of piperazine rings is 1. The van der Waals surface area contributed by atoms with Gasteiger partial charge in [-0.1, -0.05) is 6.07 Å². The zero-order valence-corrected chi connectivity index (χ0v) is 13.9. The maximum absolute atomic E-state index is 12.6. The van der Waals surface area contributed by atoms with Gasteiger partial charge in [0.1, 0.15) is 11.5 Å². The van der Waals surface area contributed by atoms with Gasteiger partial charge in [0.25, 0.3) is 5.91 Å². The molecule has 122 valence electrons. The van der Waals surface area contributed by atoms with Crippen LogP contribution in [0.15, 0.2) is 35.7 Å². The van der Waals surface area contributed by atoms with Crippen LogP contribution in [0.5, 0.6) is 11.5 Å². The number of phenolic OH excluding ortho intramolecular Hbond substituents is 1. The Bertz CT molecular complexity index is 664. The van der Waals surface area contributed by atoms with Gasteiger partial charge in [0, 0.05) is 43.7 Å². The largest absolute Gasteiger partial charge is 0.507 e. The Hall–Kier alpha value is -2.05. The van der Waals surface area contributed by atoms with Gasteiger partial charge >= 0.3 is 0 Å². The van der Waals surface area contributed by atoms with E-state index in [-0.39, 0.29) is 11.7 Å². The van der Waals surface area contributed by atoms with Gasteiger partial charge in [-0.3, -0.25) is 9.69 Å². The topological polar surface area (TPSA) is 53.0 Å². The summed E-state index contributed by atoms with van der Waals surface area (Å²) in [6.45, 7) is 3.99. The van der Waals surface area contributed by atoms with E-state index in [1.54, 1.807) is 28.4 Å². The second-order valence-electron chi connectivity index (χ2n) is 5.53. The molecule has 1 N–H and O–H groups in total. The maximum atomic E-state index is 12.6. The average Bonchev–Trinajstić information content (AvgIpc) is 3.08. The van der Waals surface area contributed by atoms with Crippen molar-refractivity contribution in [2.45, 2.75) is 6.54 Å². The fraction of sp³-hybridized carbons (Fsp3) is 0.353. The van der Waals surface area contributed by atoms with Crippen molar-refractivity contribution in [2.24, 2.45) is 0 Å². The van der Waals surface area contributed by atoms with Crippen molar-refractivity contribution in [3.8, 4) is 11.5 Å². The van der Waals surface area contributed by atoms with Crippen LogP contribution in [0.1, 0.15) is 15.2 Å². The molecule has 1 aliphatic rings. The van der Waals surface area contributed by atoms with E-state index in [2.05, 4.69) is 22.4 Å². The summed E-state index contributed by atoms with van der Waals surface area (Å²) in [4.78, 5) is 18.0. The Labute approximate surface area is 139 Å². The van der Waals surface area contributed by atoms with E-state index in [0.29, 0.717) is 24.4 Å². The molecular weight excluding hydrogens is 312 g/mol. The third-order valence-electron chi connectivity index (χ3n) is 4.05. The quantitative estimate of drug-likeness (QED) is 0.934. The first-order valence-corrected chi connectivity index (χ1v) is 8.46. The first-order chi connectivity index (χ1) is 11.2. The van der Waals surface area contributed by atoms with Crippen LogP contribution in [0.25, 0.3) is 0 Å². The second kappa shape index (κ2) is 7.02. The van der Waals surface area contributed by atoms with Crippen molar-refractivity contribution < 1.29 is 14.6 Å². The fourth-order valence-corrected chi connectivity index (χ4v) is 3.47. The summed E-state index contributed by atoms with van der Waals surface area (Å²) in [6.07, 6.45) is 0. The molecule has 0 unspecified atom stereocenters. The Morgan fingerprint density at radius 1 is 1.26 bits per heavy atom. The highest BCUT2D eigenvalue weighted by Crippen LogP contribution is 2.25. The lowest BCUT2D eigenvalue weighted by molar-refractivity contribution is 0.0626. The van der Waals surface area contributed by atoms with Gasteiger partial charge in [0.05, 0.1) is 12.7 Å². The van der Waals surface area contributed by atoms with Crippen LogP contribution in [0.4, 0.5) is 0 Å². The molecule has 0 spiro atoms. The van der Waals surface area contributed by atoms with Crippen LogP contribution < -0.4 is 4.74 Å². The SMILES string of the molecule is COc1ccc(C(=O)N2CCN(Cc3cccs3)CC2)c(O)c1. The van der Waals surface area contributed by atoms with Crippen LogP contribution >= 0.6 is 11.3 Å². The molecule has 1 aliphatic heterocycles. The summed E-state index contributed by atoms with van der Waals surface area (Å²) in [6, 6.07) is 8.98. The van der Waals surface area contributed by atoms with Crippen molar-refractivity contribution >= 4 is 17.2 Å². The number of amides is 1. The molecule has 3 rings (SSSR count). The first-order valence-electron chi connectivity index (χ1n) is 7.58. The van der Waals surface area contributed by atoms with E-state index in [9.17, 15) is 9.90 Å². The fourth-order valence-electron chi connectivity index (χ4n) is 2.72. The number of carbonyl (C=O) groups is 1. The zero-order valence-electron chi connectivity index (χ0n) is 13.1. The van der Waals surface area contributed by atoms with Crippen LogP contribution in [0, 0.1) is 0 Å². The first kappa shape index (κ1) is 15.8. The monoisotopic (exact) mass is 332 g/mol. The number of hydrogen-bond donors (Lipinski definition) is 1. The predicted octanol–water partition coefficient (Wildman–Crippen LogP) is 2.42. The molecule has 1 fully saturated rings. The van der Waals surface area contributed by atoms with Crippen LogP contribution in [0.3, 0.4) is 0 Å². The normalized spacial score (nSPS) is 15.6. The number of hydrogen-bond acceptors (Lipinski definition) is 5. The molecule has 1 aromatic heterocycles. The molecule has 1 saturated heterocycles. The molecule has 2 heterocycles. The molecule has 0 atom stereocenters. The van der Waals surface area contributed by atoms with E-state index >= 15 is 0 Å². The molecule has 0 radical (unpaired) electrons. The second-order valence-corrected chi connectivity index (χ2v) is 6.56. The molecular formula is C17H20N2O3S. The highest BCUT2D eigenvalue weighted by molar-refractivity contribution is 7.09. The van der Waals surface area contributed by atoms with Crippen LogP contribution in [0.2, 0.25) is 0 Å². The van der Waals surface area contributed by atoms with E-state index in [0.717, 1.165) is 19.6 Å². The Morgan fingerprint density at radius 3 is 2.65 bits per heavy atom. The lowest BCUT2D eigenvalue weighted by atomic mass is 10.1. The number of methoxy groups -OCH3 is 1. The summed E-state index contributed by atoms with van der Waals surface area (Å²) in [7, 11) is 1.53. The highest BCUT2D eigenvalue weighted by atomic mass is 32.1. The van der Waals surface area contributed by atoms with E-state index in [4.69, 9.17) is 4.74 Å². The molecule has 6 heteroatoms. The summed E-state index contributed by atoms with van der Waals surface area (Å²) in [5, 5.41) is 12.1. The molecule has 0 bridgehead atoms. The Balaban J connectivity index is 1.60. The van der Waals surface area contributed by atoms with Crippen LogP contribution in [-0.4, -0.2) is 54.1 Å². The predicted molar refractivity (Wildman–Crippen MR) is 90.2 cm³/mol. The van der Waals surface area contributed by atoms with Crippen LogP contribution in [-0.2, 0) is 6.54 Å². The zero-order chi connectivity index (χ0) is 16.2. The average molecular weight is 332 g/mol. The summed E-state index contributed by atoms with van der Waals surface area (Å²) >= 11 is 1.76. The van der Waals surface area contributed by atoms with E-state index in [1.807, 2.05) is 0 Å². The number of phenols is 1. The molecule has 1 amide bonds. The Kier molecular flexibility index (Phi) is 4.83. The van der Waals surface area contributed by atoms with Gasteiger partial charge in [-0.15, -0.1) is 11.3 Å². The third kappa shape index (κ3) is 3.65. The maximum Gasteiger partial charge on any atom is 0.257 e. The number of ether oxygens (including phenoxy) is 1. The van der Waals surface area contributed by atoms with Gasteiger partial charge in [-0.25, -0.2) is 0 Å². The molecule has 2 aromatic rings. The number of thiophene rings is 1. The molecule has 0 aliphatic carbocycles. The smallest absolute Gasteiger partial charge is 0.257 e. The van der Waals surface area contributed by atoms with E-state index in [1.165, 1.54) is 18.1 Å². The third-order valence-corrected chi connectivity index (χ3v) is 4.92. The van der Waals surface area contributed by atoms with E-state index < -0.39 is 0 Å². The summed E-state index contributed by atoms with van der Waals surface area (Å²) < 4.78 is 5.05. The Morgan fingerprint density at radius 2 is 2.04 bits per heavy atom. The van der Waals surface area contributed by atoms with Crippen molar-refractivity contribution in [1.29, 1.82) is 0 Å². The van der Waals surface area contributed by atoms with Crippen molar-refractivity contribution in [2.75, 3.05) is 33.3 Å².